The number of aryl methyl sites for hydroxylation is 1. The molecule has 2 aliphatic rings. The van der Waals surface area contributed by atoms with E-state index in [4.69, 9.17) is 10.5 Å². The van der Waals surface area contributed by atoms with Gasteiger partial charge in [-0.2, -0.15) is 0 Å². The number of nitrogens with one attached hydrogen (secondary N) is 4. The number of urea groups is 1. The second kappa shape index (κ2) is 25.3. The first-order chi connectivity index (χ1) is 33.6. The van der Waals surface area contributed by atoms with Crippen molar-refractivity contribution < 1.29 is 38.2 Å². The number of aromatic nitrogens is 4. The van der Waals surface area contributed by atoms with Crippen LogP contribution in [0.4, 0.5) is 25.4 Å². The predicted octanol–water partition coefficient (Wildman–Crippen LogP) is 4.98. The summed E-state index contributed by atoms with van der Waals surface area (Å²) < 4.78 is 24.5. The number of amides is 5. The number of aromatic carboxylic acids is 1. The van der Waals surface area contributed by atoms with Gasteiger partial charge in [-0.3, -0.25) is 19.3 Å². The van der Waals surface area contributed by atoms with Crippen molar-refractivity contribution in [1.29, 1.82) is 0 Å². The molecule has 7 N–H and O–H groups in total. The fourth-order valence-electron chi connectivity index (χ4n) is 8.89. The molecule has 20 nitrogen and oxygen atoms in total. The molecule has 3 atom stereocenters. The highest BCUT2D eigenvalue weighted by Crippen LogP contribution is 2.27. The van der Waals surface area contributed by atoms with Gasteiger partial charge in [-0.05, 0) is 81.8 Å². The van der Waals surface area contributed by atoms with Crippen molar-refractivity contribution in [3.8, 4) is 0 Å². The minimum atomic E-state index is -1.37. The summed E-state index contributed by atoms with van der Waals surface area (Å²) in [6, 6.07) is 9.74. The highest BCUT2D eigenvalue weighted by molar-refractivity contribution is 6.01. The Hall–Kier alpha value is -6.61. The number of pyridine rings is 1. The van der Waals surface area contributed by atoms with Crippen molar-refractivity contribution in [3.63, 3.8) is 0 Å². The Balaban J connectivity index is 0.954. The number of halogens is 1. The molecule has 2 aliphatic heterocycles. The first-order valence-corrected chi connectivity index (χ1v) is 24.5. The molecule has 2 fully saturated rings. The lowest BCUT2D eigenvalue weighted by Gasteiger charge is -2.35. The third kappa shape index (κ3) is 14.2. The number of carbonyl (C=O) groups is 5. The van der Waals surface area contributed by atoms with Gasteiger partial charge in [-0.1, -0.05) is 44.0 Å². The number of ether oxygens (including phenoxy) is 1. The second-order valence-corrected chi connectivity index (χ2v) is 18.4. The van der Waals surface area contributed by atoms with Crippen LogP contribution in [0.5, 0.6) is 0 Å². The van der Waals surface area contributed by atoms with E-state index < -0.39 is 34.9 Å². The molecule has 70 heavy (non-hydrogen) atoms. The van der Waals surface area contributed by atoms with Crippen molar-refractivity contribution in [3.05, 3.63) is 81.7 Å². The molecule has 5 amide bonds. The minimum Gasteiger partial charge on any atom is -0.477 e. The van der Waals surface area contributed by atoms with E-state index in [1.54, 1.807) is 20.4 Å². The lowest BCUT2D eigenvalue weighted by molar-refractivity contribution is -0.138. The van der Waals surface area contributed by atoms with E-state index >= 15 is 4.39 Å². The number of nitrogens with two attached hydrogens (primary N) is 1. The number of anilines is 2. The molecule has 2 saturated heterocycles. The summed E-state index contributed by atoms with van der Waals surface area (Å²) in [4.78, 5) is 77.3. The van der Waals surface area contributed by atoms with Gasteiger partial charge in [-0.15, -0.1) is 5.10 Å². The Bertz CT molecular complexity index is 2470. The molecule has 0 aliphatic carbocycles. The summed E-state index contributed by atoms with van der Waals surface area (Å²) >= 11 is 0. The summed E-state index contributed by atoms with van der Waals surface area (Å²) in [6.07, 6.45) is 8.64. The van der Waals surface area contributed by atoms with Gasteiger partial charge in [0.2, 0.25) is 17.2 Å². The first kappa shape index (κ1) is 52.8. The Morgan fingerprint density at radius 1 is 0.886 bits per heavy atom. The van der Waals surface area contributed by atoms with Crippen molar-refractivity contribution in [1.82, 2.24) is 45.3 Å². The fraction of sp³-hybridized carbons (Fsp3) is 0.551. The average molecular weight is 973 g/mol. The number of piperazine rings is 1. The summed E-state index contributed by atoms with van der Waals surface area (Å²) in [5, 5.41) is 32.0. The Kier molecular flexibility index (Phi) is 19.1. The summed E-state index contributed by atoms with van der Waals surface area (Å²) in [5.74, 6) is -1.88. The molecule has 0 unspecified atom stereocenters. The lowest BCUT2D eigenvalue weighted by atomic mass is 10.0. The van der Waals surface area contributed by atoms with Gasteiger partial charge < -0.3 is 51.2 Å². The van der Waals surface area contributed by atoms with Crippen molar-refractivity contribution in [2.24, 2.45) is 11.7 Å². The second-order valence-electron chi connectivity index (χ2n) is 18.4. The molecule has 4 heterocycles. The molecule has 0 bridgehead atoms. The van der Waals surface area contributed by atoms with Crippen LogP contribution in [0.25, 0.3) is 10.9 Å². The van der Waals surface area contributed by atoms with Gasteiger partial charge >= 0.3 is 18.1 Å². The number of benzene rings is 2. The topological polar surface area (TPSA) is 251 Å². The number of hydrogen-bond acceptors (Lipinski definition) is 13. The van der Waals surface area contributed by atoms with Crippen LogP contribution in [0.2, 0.25) is 0 Å². The SMILES string of the molecule is CCn1cc(C(=O)O)c(=O)c2cc(F)c(N3CCN(C(=O)OCc4ccc(NC[C@H](CCCNC(N)=O)n5cc([C@@H](NC[C@H](C)NCCCCCCN6C(=O)CCC6=O)C(C)C)nn5)cc4)CC3)cc21. The summed E-state index contributed by atoms with van der Waals surface area (Å²) in [6.45, 7) is 13.0. The van der Waals surface area contributed by atoms with Crippen LogP contribution in [0.3, 0.4) is 0 Å². The van der Waals surface area contributed by atoms with Crippen LogP contribution in [0.15, 0.2) is 53.6 Å². The van der Waals surface area contributed by atoms with E-state index in [1.807, 2.05) is 42.1 Å². The van der Waals surface area contributed by atoms with Crippen LogP contribution in [0.1, 0.15) is 113 Å². The number of fused-ring (bicyclic) bond motifs is 1. The maximum absolute atomic E-state index is 15.4. The zero-order valence-corrected chi connectivity index (χ0v) is 40.8. The Morgan fingerprint density at radius 3 is 2.27 bits per heavy atom. The normalized spacial score (nSPS) is 15.4. The molecule has 0 saturated carbocycles. The monoisotopic (exact) mass is 973 g/mol. The van der Waals surface area contributed by atoms with Gasteiger partial charge in [-0.25, -0.2) is 23.5 Å². The highest BCUT2D eigenvalue weighted by Gasteiger charge is 2.29. The number of imide groups is 1. The number of carboxylic acid groups (broad SMARTS) is 1. The van der Waals surface area contributed by atoms with Crippen LogP contribution in [-0.2, 0) is 27.5 Å². The Morgan fingerprint density at radius 2 is 1.60 bits per heavy atom. The summed E-state index contributed by atoms with van der Waals surface area (Å²) in [7, 11) is 0. The smallest absolute Gasteiger partial charge is 0.410 e. The molecular formula is C49H69FN12O8. The van der Waals surface area contributed by atoms with Crippen LogP contribution >= 0.6 is 0 Å². The van der Waals surface area contributed by atoms with E-state index in [2.05, 4.69) is 52.4 Å². The number of rotatable bonds is 26. The lowest BCUT2D eigenvalue weighted by Crippen LogP contribution is -2.49. The molecular weight excluding hydrogens is 904 g/mol. The van der Waals surface area contributed by atoms with Crippen LogP contribution in [-0.4, -0.2) is 129 Å². The molecule has 2 aromatic heterocycles. The molecule has 0 spiro atoms. The fourth-order valence-corrected chi connectivity index (χ4v) is 8.89. The predicted molar refractivity (Wildman–Crippen MR) is 263 cm³/mol. The summed E-state index contributed by atoms with van der Waals surface area (Å²) in [5.41, 5.74) is 7.33. The number of nitrogens with zero attached hydrogens (tertiary/aromatic N) is 7. The van der Waals surface area contributed by atoms with Crippen LogP contribution in [0, 0.1) is 11.7 Å². The van der Waals surface area contributed by atoms with E-state index in [1.165, 1.54) is 11.1 Å². The molecule has 0 radical (unpaired) electrons. The third-order valence-electron chi connectivity index (χ3n) is 13.0. The largest absolute Gasteiger partial charge is 0.477 e. The van der Waals surface area contributed by atoms with E-state index in [-0.39, 0.29) is 66.6 Å². The van der Waals surface area contributed by atoms with Crippen LogP contribution < -0.4 is 37.3 Å². The Labute approximate surface area is 407 Å². The molecule has 21 heteroatoms. The number of hydrogen-bond donors (Lipinski definition) is 6. The number of carbonyl (C=O) groups excluding carboxylic acids is 4. The maximum atomic E-state index is 15.4. The van der Waals surface area contributed by atoms with Crippen molar-refractivity contribution in [2.75, 3.05) is 69.1 Å². The van der Waals surface area contributed by atoms with E-state index in [9.17, 15) is 33.9 Å². The maximum Gasteiger partial charge on any atom is 0.410 e. The molecule has 4 aromatic rings. The zero-order valence-electron chi connectivity index (χ0n) is 40.8. The van der Waals surface area contributed by atoms with E-state index in [0.29, 0.717) is 70.5 Å². The van der Waals surface area contributed by atoms with Crippen molar-refractivity contribution in [2.45, 2.75) is 110 Å². The molecule has 2 aromatic carbocycles. The van der Waals surface area contributed by atoms with Crippen molar-refractivity contribution >= 4 is 52.2 Å². The van der Waals surface area contributed by atoms with Gasteiger partial charge in [0.15, 0.2) is 0 Å². The average Bonchev–Trinajstić information content (AvgIpc) is 3.95. The third-order valence-corrected chi connectivity index (χ3v) is 13.0. The minimum absolute atomic E-state index is 0.00313. The van der Waals surface area contributed by atoms with Gasteiger partial charge in [0.25, 0.3) is 0 Å². The van der Waals surface area contributed by atoms with Gasteiger partial charge in [0.1, 0.15) is 18.0 Å². The quantitative estimate of drug-likeness (QED) is 0.0359. The number of primary amides is 1. The van der Waals surface area contributed by atoms with E-state index in [0.717, 1.165) is 61.8 Å². The van der Waals surface area contributed by atoms with Gasteiger partial charge in [0, 0.05) is 95.1 Å². The highest BCUT2D eigenvalue weighted by atomic mass is 19.1. The first-order valence-electron chi connectivity index (χ1n) is 24.5. The number of unbranched alkanes of at least 4 members (excludes halogenated alkanes) is 3. The molecule has 380 valence electrons. The zero-order chi connectivity index (χ0) is 50.3. The number of carboxylic acids is 1. The molecule has 6 rings (SSSR count). The van der Waals surface area contributed by atoms with Gasteiger partial charge in [0.05, 0.1) is 35.2 Å². The standard InChI is InChI=1S/C49H69FN12O8/c1-5-58-29-38(47(66)67)46(65)37-25-39(50)42(26-41(37)58)59-21-23-60(24-22-59)49(69)70-31-34-12-14-35(15-13-34)54-28-36(11-10-19-53-48(51)68)62-30-40(56-57-62)45(32(2)3)55-27-33(4)52-18-8-6-7-9-20-61-43(63)16-17-44(61)64/h12-15,25-26,29-30,32-33,36,45,52,54-55H,5-11,16-24,27-28,31H2,1-4H3,(H,66,67)(H3,51,53,68)/t33-,36-,45-/m0/s1. The number of likely N-dealkylation sites (tertiary alicyclic amines) is 1.